The zero-order chi connectivity index (χ0) is 18.7. The summed E-state index contributed by atoms with van der Waals surface area (Å²) in [5.74, 6) is 0.437. The molecule has 9 heteroatoms. The number of hydrogen-bond donors (Lipinski definition) is 2. The number of sulfone groups is 1. The summed E-state index contributed by atoms with van der Waals surface area (Å²) in [7, 11) is -3.21. The molecule has 0 aliphatic heterocycles. The van der Waals surface area contributed by atoms with Crippen LogP contribution in [-0.2, 0) is 9.84 Å². The van der Waals surface area contributed by atoms with Crippen LogP contribution in [0.1, 0.15) is 12.6 Å². The van der Waals surface area contributed by atoms with Crippen LogP contribution < -0.4 is 10.6 Å². The van der Waals surface area contributed by atoms with Gasteiger partial charge in [-0.3, -0.25) is 0 Å². The summed E-state index contributed by atoms with van der Waals surface area (Å²) in [4.78, 5) is 14.5. The first-order valence-corrected chi connectivity index (χ1v) is 10.7. The van der Waals surface area contributed by atoms with Crippen molar-refractivity contribution in [2.75, 3.05) is 23.4 Å². The molecule has 3 aromatic rings. The average Bonchev–Trinajstić information content (AvgIpc) is 2.96. The molecule has 0 bridgehead atoms. The van der Waals surface area contributed by atoms with Crippen LogP contribution in [0.4, 0.5) is 16.8 Å². The first-order valence-electron chi connectivity index (χ1n) is 7.98. The lowest BCUT2D eigenvalue weighted by Gasteiger charge is -2.07. The predicted octanol–water partition coefficient (Wildman–Crippen LogP) is 3.49. The highest BCUT2D eigenvalue weighted by atomic mass is 32.2. The maximum absolute atomic E-state index is 11.5. The molecule has 136 valence electrons. The van der Waals surface area contributed by atoms with E-state index in [-0.39, 0.29) is 4.90 Å². The summed E-state index contributed by atoms with van der Waals surface area (Å²) >= 11 is 1.55. The van der Waals surface area contributed by atoms with Crippen LogP contribution in [0.5, 0.6) is 0 Å². The highest BCUT2D eigenvalue weighted by Crippen LogP contribution is 2.31. The number of aromatic nitrogens is 3. The van der Waals surface area contributed by atoms with E-state index in [1.54, 1.807) is 41.8 Å². The summed E-state index contributed by atoms with van der Waals surface area (Å²) in [5, 5.41) is 7.17. The molecule has 7 nitrogen and oxygen atoms in total. The number of nitrogens with zero attached hydrogens (tertiary/aromatic N) is 3. The van der Waals surface area contributed by atoms with Gasteiger partial charge in [-0.05, 0) is 44.2 Å². The minimum absolute atomic E-state index is 0.272. The molecule has 0 unspecified atom stereocenters. The molecular weight excluding hydrogens is 370 g/mol. The van der Waals surface area contributed by atoms with E-state index in [4.69, 9.17) is 0 Å². The Labute approximate surface area is 156 Å². The van der Waals surface area contributed by atoms with Gasteiger partial charge in [-0.15, -0.1) is 0 Å². The minimum Gasteiger partial charge on any atom is -0.362 e. The van der Waals surface area contributed by atoms with E-state index in [0.717, 1.165) is 27.9 Å². The van der Waals surface area contributed by atoms with Gasteiger partial charge in [-0.2, -0.15) is 0 Å². The largest absolute Gasteiger partial charge is 0.362 e. The van der Waals surface area contributed by atoms with Crippen molar-refractivity contribution in [1.29, 1.82) is 0 Å². The van der Waals surface area contributed by atoms with Crippen molar-refractivity contribution in [3.05, 3.63) is 42.2 Å². The third-order valence-electron chi connectivity index (χ3n) is 3.55. The lowest BCUT2D eigenvalue weighted by atomic mass is 10.3. The number of anilines is 3. The van der Waals surface area contributed by atoms with Crippen LogP contribution in [0.2, 0.25) is 0 Å². The molecule has 1 aromatic carbocycles. The van der Waals surface area contributed by atoms with Gasteiger partial charge in [0.2, 0.25) is 5.95 Å². The summed E-state index contributed by atoms with van der Waals surface area (Å²) in [6.45, 7) is 4.79. The van der Waals surface area contributed by atoms with E-state index in [0.29, 0.717) is 11.6 Å². The van der Waals surface area contributed by atoms with Crippen molar-refractivity contribution < 1.29 is 8.42 Å². The molecule has 0 fully saturated rings. The van der Waals surface area contributed by atoms with E-state index in [1.165, 1.54) is 6.26 Å². The topological polar surface area (TPSA) is 96.9 Å². The van der Waals surface area contributed by atoms with Gasteiger partial charge in [0, 0.05) is 24.7 Å². The Morgan fingerprint density at radius 3 is 2.50 bits per heavy atom. The van der Waals surface area contributed by atoms with Gasteiger partial charge in [0.15, 0.2) is 15.0 Å². The fourth-order valence-electron chi connectivity index (χ4n) is 2.32. The van der Waals surface area contributed by atoms with Crippen molar-refractivity contribution in [3.63, 3.8) is 0 Å². The molecular formula is C17H19N5O2S2. The molecule has 3 rings (SSSR count). The lowest BCUT2D eigenvalue weighted by molar-refractivity contribution is 0.602. The van der Waals surface area contributed by atoms with E-state index in [2.05, 4.69) is 25.6 Å². The van der Waals surface area contributed by atoms with E-state index in [1.807, 2.05) is 19.9 Å². The second-order valence-corrected chi connectivity index (χ2v) is 8.67. The van der Waals surface area contributed by atoms with Gasteiger partial charge in [-0.25, -0.2) is 23.4 Å². The summed E-state index contributed by atoms with van der Waals surface area (Å²) in [5.41, 5.74) is 2.41. The monoisotopic (exact) mass is 389 g/mol. The van der Waals surface area contributed by atoms with Crippen molar-refractivity contribution >= 4 is 37.9 Å². The number of rotatable bonds is 6. The van der Waals surface area contributed by atoms with Crippen LogP contribution in [0.15, 0.2) is 41.4 Å². The Morgan fingerprint density at radius 2 is 1.85 bits per heavy atom. The molecule has 0 amide bonds. The third-order valence-corrected chi connectivity index (χ3v) is 5.82. The zero-order valence-electron chi connectivity index (χ0n) is 14.6. The van der Waals surface area contributed by atoms with E-state index in [9.17, 15) is 8.42 Å². The van der Waals surface area contributed by atoms with Crippen LogP contribution in [0.3, 0.4) is 0 Å². The fraction of sp³-hybridized carbons (Fsp3) is 0.235. The van der Waals surface area contributed by atoms with Gasteiger partial charge in [-0.1, -0.05) is 11.3 Å². The Morgan fingerprint density at radius 1 is 1.12 bits per heavy atom. The summed E-state index contributed by atoms with van der Waals surface area (Å²) < 4.78 is 23.1. The summed E-state index contributed by atoms with van der Waals surface area (Å²) in [6.07, 6.45) is 2.86. The minimum atomic E-state index is -3.21. The number of hydrogen-bond acceptors (Lipinski definition) is 8. The second-order valence-electron chi connectivity index (χ2n) is 5.65. The molecule has 0 aliphatic rings. The van der Waals surface area contributed by atoms with Gasteiger partial charge >= 0.3 is 0 Å². The quantitative estimate of drug-likeness (QED) is 0.666. The number of benzene rings is 1. The molecule has 0 radical (unpaired) electrons. The molecule has 2 heterocycles. The summed E-state index contributed by atoms with van der Waals surface area (Å²) in [6, 6.07) is 8.32. The van der Waals surface area contributed by atoms with Gasteiger partial charge in [0.25, 0.3) is 0 Å². The van der Waals surface area contributed by atoms with Crippen LogP contribution in [-0.4, -0.2) is 36.2 Å². The smallest absolute Gasteiger partial charge is 0.227 e. The highest BCUT2D eigenvalue weighted by molar-refractivity contribution is 7.90. The van der Waals surface area contributed by atoms with E-state index < -0.39 is 9.84 Å². The average molecular weight is 390 g/mol. The first kappa shape index (κ1) is 18.3. The first-order chi connectivity index (χ1) is 12.4. The van der Waals surface area contributed by atoms with Crippen molar-refractivity contribution in [3.8, 4) is 10.6 Å². The number of thiazole rings is 1. The molecule has 0 spiro atoms. The molecule has 0 saturated carbocycles. The lowest BCUT2D eigenvalue weighted by Crippen LogP contribution is -1.99. The van der Waals surface area contributed by atoms with Crippen molar-refractivity contribution in [1.82, 2.24) is 15.0 Å². The molecule has 0 saturated heterocycles. The number of nitrogens with one attached hydrogen (secondary N) is 2. The van der Waals surface area contributed by atoms with Gasteiger partial charge < -0.3 is 10.6 Å². The van der Waals surface area contributed by atoms with Crippen LogP contribution in [0.25, 0.3) is 10.6 Å². The highest BCUT2D eigenvalue weighted by Gasteiger charge is 2.12. The Hall–Kier alpha value is -2.52. The van der Waals surface area contributed by atoms with Crippen molar-refractivity contribution in [2.24, 2.45) is 0 Å². The Kier molecular flexibility index (Phi) is 5.19. The van der Waals surface area contributed by atoms with Gasteiger partial charge in [0.05, 0.1) is 21.2 Å². The third kappa shape index (κ3) is 4.17. The fourth-order valence-corrected chi connectivity index (χ4v) is 3.96. The SMILES string of the molecule is CCNc1nc(C)c(-c2ccnc(Nc3ccc(S(C)(=O)=O)cc3)n2)s1. The van der Waals surface area contributed by atoms with Crippen LogP contribution in [0, 0.1) is 6.92 Å². The van der Waals surface area contributed by atoms with Crippen molar-refractivity contribution in [2.45, 2.75) is 18.7 Å². The molecule has 0 aliphatic carbocycles. The number of aryl methyl sites for hydroxylation is 1. The maximum Gasteiger partial charge on any atom is 0.227 e. The molecule has 2 aromatic heterocycles. The normalized spacial score (nSPS) is 11.3. The molecule has 2 N–H and O–H groups in total. The Balaban J connectivity index is 1.84. The second kappa shape index (κ2) is 7.38. The maximum atomic E-state index is 11.5. The van der Waals surface area contributed by atoms with Crippen LogP contribution >= 0.6 is 11.3 Å². The molecule has 0 atom stereocenters. The zero-order valence-corrected chi connectivity index (χ0v) is 16.3. The van der Waals surface area contributed by atoms with E-state index >= 15 is 0 Å². The Bertz CT molecular complexity index is 1010. The van der Waals surface area contributed by atoms with Gasteiger partial charge in [0.1, 0.15) is 0 Å². The predicted molar refractivity (Wildman–Crippen MR) is 105 cm³/mol. The standard InChI is InChI=1S/C17H19N5O2S2/c1-4-18-17-20-11(2)15(25-17)14-9-10-19-16(22-14)21-12-5-7-13(8-6-12)26(3,23)24/h5-10H,4H2,1-3H3,(H,18,20)(H,19,21,22). The molecule has 26 heavy (non-hydrogen) atoms.